The van der Waals surface area contributed by atoms with Crippen LogP contribution in [0.3, 0.4) is 0 Å². The first-order valence-electron chi connectivity index (χ1n) is 10.1. The van der Waals surface area contributed by atoms with E-state index in [1.54, 1.807) is 10.9 Å². The molecule has 7 nitrogen and oxygen atoms in total. The van der Waals surface area contributed by atoms with E-state index < -0.39 is 0 Å². The highest BCUT2D eigenvalue weighted by Crippen LogP contribution is 2.20. The summed E-state index contributed by atoms with van der Waals surface area (Å²) in [4.78, 5) is 26.3. The number of carbonyl (C=O) groups excluding carboxylic acids is 1. The number of benzene rings is 1. The van der Waals surface area contributed by atoms with E-state index in [1.807, 2.05) is 48.4 Å². The van der Waals surface area contributed by atoms with Gasteiger partial charge in [0.25, 0.3) is 5.91 Å². The average molecular weight is 469 g/mol. The van der Waals surface area contributed by atoms with Crippen molar-refractivity contribution in [2.75, 3.05) is 31.1 Å². The second-order valence-corrected chi connectivity index (χ2v) is 8.73. The summed E-state index contributed by atoms with van der Waals surface area (Å²) in [6.45, 7) is 9.08. The zero-order valence-corrected chi connectivity index (χ0v) is 19.0. The number of halogens is 1. The summed E-state index contributed by atoms with van der Waals surface area (Å²) in [5.74, 6) is 2.17. The number of aryl methyl sites for hydroxylation is 1. The van der Waals surface area contributed by atoms with E-state index in [-0.39, 0.29) is 11.8 Å². The minimum atomic E-state index is 0.0598. The highest BCUT2D eigenvalue weighted by molar-refractivity contribution is 9.10. The van der Waals surface area contributed by atoms with Crippen LogP contribution in [-0.2, 0) is 0 Å². The predicted molar refractivity (Wildman–Crippen MR) is 120 cm³/mol. The largest absolute Gasteiger partial charge is 0.353 e. The SMILES string of the molecule is Cc1cc(N2CCN(C(=O)c3ccc(-n4cc(Br)cn4)cc3)CC2)nc(C(C)C)n1. The predicted octanol–water partition coefficient (Wildman–Crippen LogP) is 3.82. The summed E-state index contributed by atoms with van der Waals surface area (Å²) in [7, 11) is 0. The molecule has 1 saturated heterocycles. The Morgan fingerprint density at radius 1 is 1.07 bits per heavy atom. The number of aromatic nitrogens is 4. The van der Waals surface area contributed by atoms with E-state index in [0.29, 0.717) is 18.7 Å². The van der Waals surface area contributed by atoms with Crippen molar-refractivity contribution in [3.05, 3.63) is 64.3 Å². The third-order valence-electron chi connectivity index (χ3n) is 5.20. The lowest BCUT2D eigenvalue weighted by atomic mass is 10.1. The van der Waals surface area contributed by atoms with Crippen LogP contribution in [0.2, 0.25) is 0 Å². The van der Waals surface area contributed by atoms with Gasteiger partial charge in [0.15, 0.2) is 0 Å². The monoisotopic (exact) mass is 468 g/mol. The lowest BCUT2D eigenvalue weighted by Gasteiger charge is -2.35. The Morgan fingerprint density at radius 3 is 2.37 bits per heavy atom. The normalized spacial score (nSPS) is 14.4. The molecule has 156 valence electrons. The second-order valence-electron chi connectivity index (χ2n) is 7.81. The first kappa shape index (κ1) is 20.5. The summed E-state index contributed by atoms with van der Waals surface area (Å²) in [5, 5.41) is 4.27. The molecule has 1 amide bonds. The number of carbonyl (C=O) groups is 1. The molecule has 1 aliphatic heterocycles. The van der Waals surface area contributed by atoms with Crippen LogP contribution < -0.4 is 4.90 Å². The van der Waals surface area contributed by atoms with Gasteiger partial charge >= 0.3 is 0 Å². The molecular weight excluding hydrogens is 444 g/mol. The third kappa shape index (κ3) is 4.38. The Labute approximate surface area is 184 Å². The van der Waals surface area contributed by atoms with E-state index in [0.717, 1.165) is 40.6 Å². The standard InChI is InChI=1S/C22H25BrN6O/c1-15(2)21-25-16(3)12-20(26-21)27-8-10-28(11-9-27)22(30)17-4-6-19(7-5-17)29-14-18(23)13-24-29/h4-7,12-15H,8-11H2,1-3H3. The Bertz CT molecular complexity index is 1040. The number of anilines is 1. The molecule has 8 heteroatoms. The van der Waals surface area contributed by atoms with Gasteiger partial charge in [-0.2, -0.15) is 5.10 Å². The van der Waals surface area contributed by atoms with Crippen LogP contribution in [0.4, 0.5) is 5.82 Å². The molecule has 3 aromatic rings. The van der Waals surface area contributed by atoms with Gasteiger partial charge in [-0.3, -0.25) is 4.79 Å². The van der Waals surface area contributed by atoms with Crippen LogP contribution >= 0.6 is 15.9 Å². The quantitative estimate of drug-likeness (QED) is 0.581. The van der Waals surface area contributed by atoms with Crippen molar-refractivity contribution in [1.82, 2.24) is 24.6 Å². The molecule has 0 N–H and O–H groups in total. The van der Waals surface area contributed by atoms with Gasteiger partial charge < -0.3 is 9.80 Å². The maximum Gasteiger partial charge on any atom is 0.253 e. The van der Waals surface area contributed by atoms with Crippen molar-refractivity contribution in [3.8, 4) is 5.69 Å². The molecule has 30 heavy (non-hydrogen) atoms. The van der Waals surface area contributed by atoms with Gasteiger partial charge in [0.05, 0.1) is 16.4 Å². The van der Waals surface area contributed by atoms with Crippen molar-refractivity contribution >= 4 is 27.7 Å². The zero-order chi connectivity index (χ0) is 21.3. The fourth-order valence-corrected chi connectivity index (χ4v) is 3.80. The summed E-state index contributed by atoms with van der Waals surface area (Å²) >= 11 is 3.40. The Morgan fingerprint density at radius 2 is 1.77 bits per heavy atom. The van der Waals surface area contributed by atoms with E-state index in [1.165, 1.54) is 0 Å². The molecule has 0 bridgehead atoms. The lowest BCUT2D eigenvalue weighted by Crippen LogP contribution is -2.49. The molecule has 0 radical (unpaired) electrons. The summed E-state index contributed by atoms with van der Waals surface area (Å²) in [5.41, 5.74) is 2.59. The fraction of sp³-hybridized carbons (Fsp3) is 0.364. The van der Waals surface area contributed by atoms with Gasteiger partial charge in [-0.05, 0) is 47.1 Å². The first-order chi connectivity index (χ1) is 14.4. The van der Waals surface area contributed by atoms with Crippen molar-refractivity contribution in [3.63, 3.8) is 0 Å². The van der Waals surface area contributed by atoms with Gasteiger partial charge in [0.2, 0.25) is 0 Å². The molecule has 0 unspecified atom stereocenters. The van der Waals surface area contributed by atoms with Crippen LogP contribution in [-0.4, -0.2) is 56.7 Å². The van der Waals surface area contributed by atoms with Gasteiger partial charge in [0, 0.05) is 55.6 Å². The van der Waals surface area contributed by atoms with Crippen molar-refractivity contribution in [2.45, 2.75) is 26.7 Å². The molecule has 1 aromatic carbocycles. The van der Waals surface area contributed by atoms with E-state index in [9.17, 15) is 4.79 Å². The molecule has 1 fully saturated rings. The molecule has 1 aliphatic rings. The van der Waals surface area contributed by atoms with Crippen molar-refractivity contribution in [2.24, 2.45) is 0 Å². The van der Waals surface area contributed by atoms with Crippen LogP contribution in [0.5, 0.6) is 0 Å². The van der Waals surface area contributed by atoms with Gasteiger partial charge in [-0.25, -0.2) is 14.6 Å². The number of nitrogens with zero attached hydrogens (tertiary/aromatic N) is 6. The second kappa shape index (κ2) is 8.55. The smallest absolute Gasteiger partial charge is 0.253 e. The van der Waals surface area contributed by atoms with Crippen LogP contribution in [0.15, 0.2) is 47.2 Å². The highest BCUT2D eigenvalue weighted by atomic mass is 79.9. The molecule has 3 heterocycles. The molecule has 0 aliphatic carbocycles. The van der Waals surface area contributed by atoms with Gasteiger partial charge in [-0.15, -0.1) is 0 Å². The average Bonchev–Trinajstić information content (AvgIpc) is 3.19. The summed E-state index contributed by atoms with van der Waals surface area (Å²) in [6, 6.07) is 9.58. The van der Waals surface area contributed by atoms with Crippen LogP contribution in [0.1, 0.15) is 41.6 Å². The van der Waals surface area contributed by atoms with E-state index >= 15 is 0 Å². The number of piperazine rings is 1. The summed E-state index contributed by atoms with van der Waals surface area (Å²) in [6.07, 6.45) is 3.62. The maximum atomic E-state index is 12.9. The Hall–Kier alpha value is -2.74. The number of amides is 1. The zero-order valence-electron chi connectivity index (χ0n) is 17.4. The Kier molecular flexibility index (Phi) is 5.85. The van der Waals surface area contributed by atoms with Gasteiger partial charge in [-0.1, -0.05) is 13.8 Å². The molecule has 0 spiro atoms. The molecule has 0 saturated carbocycles. The molecule has 2 aromatic heterocycles. The summed E-state index contributed by atoms with van der Waals surface area (Å²) < 4.78 is 2.69. The minimum Gasteiger partial charge on any atom is -0.353 e. The number of rotatable bonds is 4. The highest BCUT2D eigenvalue weighted by Gasteiger charge is 2.23. The first-order valence-corrected chi connectivity index (χ1v) is 10.9. The third-order valence-corrected chi connectivity index (χ3v) is 5.60. The molecule has 4 rings (SSSR count). The van der Waals surface area contributed by atoms with E-state index in [4.69, 9.17) is 4.98 Å². The molecular formula is C22H25BrN6O. The van der Waals surface area contributed by atoms with Crippen molar-refractivity contribution < 1.29 is 4.79 Å². The lowest BCUT2D eigenvalue weighted by molar-refractivity contribution is 0.0746. The maximum absolute atomic E-state index is 12.9. The van der Waals surface area contributed by atoms with E-state index in [2.05, 4.69) is 44.8 Å². The number of hydrogen-bond acceptors (Lipinski definition) is 5. The number of hydrogen-bond donors (Lipinski definition) is 0. The van der Waals surface area contributed by atoms with Crippen LogP contribution in [0, 0.1) is 6.92 Å². The van der Waals surface area contributed by atoms with Crippen LogP contribution in [0.25, 0.3) is 5.69 Å². The fourth-order valence-electron chi connectivity index (χ4n) is 3.51. The molecule has 0 atom stereocenters. The minimum absolute atomic E-state index is 0.0598. The van der Waals surface area contributed by atoms with Crippen molar-refractivity contribution in [1.29, 1.82) is 0 Å². The van der Waals surface area contributed by atoms with Gasteiger partial charge in [0.1, 0.15) is 11.6 Å². The topological polar surface area (TPSA) is 67.2 Å². The Balaban J connectivity index is 1.41.